The minimum absolute atomic E-state index is 0.0664. The topological polar surface area (TPSA) is 52.0 Å². The lowest BCUT2D eigenvalue weighted by molar-refractivity contribution is 0.540. The normalized spacial score (nSPS) is 12.3. The highest BCUT2D eigenvalue weighted by atomic mass is 35.6. The summed E-state index contributed by atoms with van der Waals surface area (Å²) in [6, 6.07) is 5.40. The summed E-state index contributed by atoms with van der Waals surface area (Å²) in [4.78, 5) is 4.07. The zero-order chi connectivity index (χ0) is 11.1. The summed E-state index contributed by atoms with van der Waals surface area (Å²) in [7, 11) is 0. The molecule has 0 aliphatic heterocycles. The van der Waals surface area contributed by atoms with Crippen molar-refractivity contribution in [2.24, 2.45) is 5.73 Å². The first kappa shape index (κ1) is 11.0. The second-order valence-corrected chi connectivity index (χ2v) is 5.30. The molecule has 0 atom stereocenters. The molecule has 3 nitrogen and oxygen atoms in total. The van der Waals surface area contributed by atoms with E-state index < -0.39 is 3.79 Å². The molecule has 15 heavy (non-hydrogen) atoms. The number of rotatable bonds is 1. The summed E-state index contributed by atoms with van der Waals surface area (Å²) in [6.45, 7) is 0.436. The van der Waals surface area contributed by atoms with Crippen LogP contribution in [0.4, 0.5) is 0 Å². The van der Waals surface area contributed by atoms with E-state index in [0.717, 1.165) is 5.56 Å². The van der Waals surface area contributed by atoms with Crippen molar-refractivity contribution in [3.05, 3.63) is 29.7 Å². The van der Waals surface area contributed by atoms with Gasteiger partial charge in [-0.25, -0.2) is 4.98 Å². The SMILES string of the molecule is NCc1ccc2oc(C(Cl)(Cl)Cl)nc2c1. The number of benzene rings is 1. The highest BCUT2D eigenvalue weighted by molar-refractivity contribution is 6.66. The van der Waals surface area contributed by atoms with E-state index in [1.165, 1.54) is 0 Å². The van der Waals surface area contributed by atoms with Crippen LogP contribution in [0.1, 0.15) is 11.5 Å². The standard InChI is InChI=1S/C9H7Cl3N2O/c10-9(11,12)8-14-6-3-5(4-13)1-2-7(6)15-8/h1-3H,4,13H2. The fourth-order valence-electron chi connectivity index (χ4n) is 1.22. The zero-order valence-corrected chi connectivity index (χ0v) is 9.77. The van der Waals surface area contributed by atoms with Crippen LogP contribution in [0.25, 0.3) is 11.1 Å². The van der Waals surface area contributed by atoms with Gasteiger partial charge in [0.05, 0.1) is 0 Å². The van der Waals surface area contributed by atoms with Gasteiger partial charge in [-0.3, -0.25) is 0 Å². The molecule has 0 aliphatic rings. The number of halogens is 3. The van der Waals surface area contributed by atoms with Crippen molar-refractivity contribution in [2.45, 2.75) is 10.3 Å². The summed E-state index contributed by atoms with van der Waals surface area (Å²) in [5.41, 5.74) is 7.66. The Morgan fingerprint density at radius 1 is 1.33 bits per heavy atom. The molecule has 0 saturated heterocycles. The van der Waals surface area contributed by atoms with Crippen LogP contribution < -0.4 is 5.73 Å². The predicted octanol–water partition coefficient (Wildman–Crippen LogP) is 3.11. The van der Waals surface area contributed by atoms with Crippen LogP contribution >= 0.6 is 34.8 Å². The van der Waals surface area contributed by atoms with Gasteiger partial charge in [0.15, 0.2) is 5.58 Å². The third-order valence-corrected chi connectivity index (χ3v) is 2.42. The van der Waals surface area contributed by atoms with Gasteiger partial charge in [-0.2, -0.15) is 0 Å². The van der Waals surface area contributed by atoms with Crippen LogP contribution in [0.3, 0.4) is 0 Å². The van der Waals surface area contributed by atoms with Crippen molar-refractivity contribution in [1.82, 2.24) is 4.98 Å². The molecule has 0 bridgehead atoms. The first-order valence-electron chi connectivity index (χ1n) is 4.17. The molecule has 6 heteroatoms. The van der Waals surface area contributed by atoms with Crippen LogP contribution in [0.15, 0.2) is 22.6 Å². The van der Waals surface area contributed by atoms with E-state index in [1.807, 2.05) is 6.07 Å². The molecule has 0 fully saturated rings. The molecule has 1 heterocycles. The Morgan fingerprint density at radius 3 is 2.67 bits per heavy atom. The average molecular weight is 266 g/mol. The Hall–Kier alpha value is -0.480. The van der Waals surface area contributed by atoms with Gasteiger partial charge in [-0.1, -0.05) is 40.9 Å². The van der Waals surface area contributed by atoms with E-state index in [1.54, 1.807) is 12.1 Å². The van der Waals surface area contributed by atoms with Crippen LogP contribution in [0.2, 0.25) is 0 Å². The Morgan fingerprint density at radius 2 is 2.07 bits per heavy atom. The second-order valence-electron chi connectivity index (χ2n) is 3.02. The minimum Gasteiger partial charge on any atom is -0.436 e. The number of fused-ring (bicyclic) bond motifs is 1. The molecule has 0 radical (unpaired) electrons. The molecule has 0 unspecified atom stereocenters. The molecule has 80 valence electrons. The van der Waals surface area contributed by atoms with Gasteiger partial charge >= 0.3 is 0 Å². The molecule has 2 aromatic rings. The maximum atomic E-state index is 5.65. The monoisotopic (exact) mass is 264 g/mol. The van der Waals surface area contributed by atoms with Crippen molar-refractivity contribution in [1.29, 1.82) is 0 Å². The third-order valence-electron chi connectivity index (χ3n) is 1.93. The molecule has 0 spiro atoms. The fraction of sp³-hybridized carbons (Fsp3) is 0.222. The fourth-order valence-corrected chi connectivity index (χ4v) is 1.46. The Bertz CT molecular complexity index is 490. The lowest BCUT2D eigenvalue weighted by atomic mass is 10.2. The first-order chi connectivity index (χ1) is 7.00. The molecule has 2 rings (SSSR count). The van der Waals surface area contributed by atoms with Crippen molar-refractivity contribution in [2.75, 3.05) is 0 Å². The molecular formula is C9H7Cl3N2O. The largest absolute Gasteiger partial charge is 0.436 e. The second kappa shape index (κ2) is 3.83. The third kappa shape index (κ3) is 2.21. The molecule has 0 aliphatic carbocycles. The summed E-state index contributed by atoms with van der Waals surface area (Å²) in [5.74, 6) is 0.0664. The van der Waals surface area contributed by atoms with E-state index in [0.29, 0.717) is 17.6 Å². The number of nitrogens with zero attached hydrogens (tertiary/aromatic N) is 1. The van der Waals surface area contributed by atoms with E-state index in [9.17, 15) is 0 Å². The van der Waals surface area contributed by atoms with Crippen molar-refractivity contribution < 1.29 is 4.42 Å². The number of oxazole rings is 1. The summed E-state index contributed by atoms with van der Waals surface area (Å²) in [5, 5.41) is 0. The summed E-state index contributed by atoms with van der Waals surface area (Å²) in [6.07, 6.45) is 0. The number of hydrogen-bond acceptors (Lipinski definition) is 3. The zero-order valence-electron chi connectivity index (χ0n) is 7.51. The van der Waals surface area contributed by atoms with E-state index in [-0.39, 0.29) is 5.89 Å². The average Bonchev–Trinajstić information content (AvgIpc) is 2.59. The maximum absolute atomic E-state index is 5.65. The number of hydrogen-bond donors (Lipinski definition) is 1. The van der Waals surface area contributed by atoms with E-state index >= 15 is 0 Å². The predicted molar refractivity (Wildman–Crippen MR) is 61.1 cm³/mol. The van der Waals surface area contributed by atoms with Crippen molar-refractivity contribution >= 4 is 45.9 Å². The summed E-state index contributed by atoms with van der Waals surface area (Å²) >= 11 is 17.0. The highest BCUT2D eigenvalue weighted by Crippen LogP contribution is 2.38. The van der Waals surface area contributed by atoms with Gasteiger partial charge in [0.2, 0.25) is 5.89 Å². The van der Waals surface area contributed by atoms with E-state index in [4.69, 9.17) is 45.0 Å². The Balaban J connectivity index is 2.56. The number of alkyl halides is 3. The smallest absolute Gasteiger partial charge is 0.266 e. The number of aromatic nitrogens is 1. The van der Waals surface area contributed by atoms with Gasteiger partial charge in [0, 0.05) is 6.54 Å². The highest BCUT2D eigenvalue weighted by Gasteiger charge is 2.29. The van der Waals surface area contributed by atoms with Gasteiger partial charge in [-0.05, 0) is 17.7 Å². The molecule has 0 saturated carbocycles. The molecule has 0 amide bonds. The Kier molecular flexibility index (Phi) is 2.81. The lowest BCUT2D eigenvalue weighted by Gasteiger charge is -2.02. The molecule has 2 N–H and O–H groups in total. The van der Waals surface area contributed by atoms with Gasteiger partial charge in [-0.15, -0.1) is 0 Å². The van der Waals surface area contributed by atoms with E-state index in [2.05, 4.69) is 4.98 Å². The summed E-state index contributed by atoms with van der Waals surface area (Å²) < 4.78 is 3.65. The quantitative estimate of drug-likeness (QED) is 0.806. The van der Waals surface area contributed by atoms with Crippen molar-refractivity contribution in [3.63, 3.8) is 0 Å². The van der Waals surface area contributed by atoms with Crippen molar-refractivity contribution in [3.8, 4) is 0 Å². The maximum Gasteiger partial charge on any atom is 0.266 e. The molecule has 1 aromatic heterocycles. The lowest BCUT2D eigenvalue weighted by Crippen LogP contribution is -1.99. The number of nitrogens with two attached hydrogens (primary N) is 1. The van der Waals surface area contributed by atoms with Gasteiger partial charge in [0.1, 0.15) is 5.52 Å². The van der Waals surface area contributed by atoms with Gasteiger partial charge < -0.3 is 10.2 Å². The van der Waals surface area contributed by atoms with Gasteiger partial charge in [0.25, 0.3) is 3.79 Å². The minimum atomic E-state index is -1.64. The first-order valence-corrected chi connectivity index (χ1v) is 5.31. The van der Waals surface area contributed by atoms with Crippen LogP contribution in [-0.4, -0.2) is 4.98 Å². The van der Waals surface area contributed by atoms with Crippen LogP contribution in [0.5, 0.6) is 0 Å². The molecular weight excluding hydrogens is 258 g/mol. The van der Waals surface area contributed by atoms with Crippen LogP contribution in [0, 0.1) is 0 Å². The Labute approximate surface area is 101 Å². The molecule has 1 aromatic carbocycles. The van der Waals surface area contributed by atoms with Crippen LogP contribution in [-0.2, 0) is 10.3 Å².